The van der Waals surface area contributed by atoms with Crippen molar-refractivity contribution in [3.8, 4) is 0 Å². The Bertz CT molecular complexity index is 545. The summed E-state index contributed by atoms with van der Waals surface area (Å²) in [4.78, 5) is 12.0. The molecule has 0 heterocycles. The summed E-state index contributed by atoms with van der Waals surface area (Å²) in [5.41, 5.74) is 0.951. The second-order valence-electron chi connectivity index (χ2n) is 4.08. The van der Waals surface area contributed by atoms with Gasteiger partial charge in [0.2, 0.25) is 0 Å². The molecule has 0 aliphatic heterocycles. The summed E-state index contributed by atoms with van der Waals surface area (Å²) in [6.07, 6.45) is 1.42. The number of ether oxygens (including phenoxy) is 1. The molecule has 0 radical (unpaired) electrons. The van der Waals surface area contributed by atoms with Gasteiger partial charge >= 0.3 is 13.6 Å². The number of carbonyl (C=O) groups is 1. The summed E-state index contributed by atoms with van der Waals surface area (Å²) < 4.78 is 26.9. The Hall–Kier alpha value is -1.13. The molecule has 0 amide bonds. The highest BCUT2D eigenvalue weighted by atomic mass is 35.5. The zero-order chi connectivity index (χ0) is 15.9. The lowest BCUT2D eigenvalue weighted by atomic mass is 10.1. The maximum atomic E-state index is 12.2. The van der Waals surface area contributed by atoms with E-state index >= 15 is 0 Å². The molecule has 0 spiro atoms. The van der Waals surface area contributed by atoms with Crippen molar-refractivity contribution in [1.82, 2.24) is 0 Å². The molecule has 0 aliphatic carbocycles. The molecule has 7 heteroatoms. The van der Waals surface area contributed by atoms with Gasteiger partial charge in [-0.1, -0.05) is 23.7 Å². The van der Waals surface area contributed by atoms with Gasteiger partial charge in [0.05, 0.1) is 12.8 Å². The topological polar surface area (TPSA) is 61.8 Å². The predicted octanol–water partition coefficient (Wildman–Crippen LogP) is 3.77. The summed E-state index contributed by atoms with van der Waals surface area (Å²) in [7, 11) is -0.810. The Labute approximate surface area is 129 Å². The monoisotopic (exact) mass is 332 g/mol. The maximum absolute atomic E-state index is 12.2. The molecule has 0 bridgehead atoms. The number of hydrogen-bond donors (Lipinski definition) is 0. The summed E-state index contributed by atoms with van der Waals surface area (Å²) in [5.74, 6) is -0.554. The van der Waals surface area contributed by atoms with Crippen LogP contribution < -0.4 is 0 Å². The van der Waals surface area contributed by atoms with Gasteiger partial charge in [0, 0.05) is 24.8 Å². The zero-order valence-electron chi connectivity index (χ0n) is 12.2. The highest BCUT2D eigenvalue weighted by molar-refractivity contribution is 7.54. The van der Waals surface area contributed by atoms with Crippen molar-refractivity contribution in [2.24, 2.45) is 0 Å². The molecule has 0 saturated heterocycles. The van der Waals surface area contributed by atoms with Crippen LogP contribution in [0.3, 0.4) is 0 Å². The van der Waals surface area contributed by atoms with E-state index in [9.17, 15) is 9.36 Å². The van der Waals surface area contributed by atoms with Crippen molar-refractivity contribution in [3.63, 3.8) is 0 Å². The zero-order valence-corrected chi connectivity index (χ0v) is 13.8. The van der Waals surface area contributed by atoms with Gasteiger partial charge in [0.15, 0.2) is 0 Å². The van der Waals surface area contributed by atoms with E-state index in [4.69, 9.17) is 25.4 Å². The first-order chi connectivity index (χ1) is 9.94. The molecule has 0 saturated carbocycles. The highest BCUT2D eigenvalue weighted by Crippen LogP contribution is 2.48. The minimum Gasteiger partial charge on any atom is -0.463 e. The van der Waals surface area contributed by atoms with Crippen molar-refractivity contribution in [3.05, 3.63) is 40.4 Å². The Balaban J connectivity index is 3.10. The quantitative estimate of drug-likeness (QED) is 0.432. The first-order valence-electron chi connectivity index (χ1n) is 6.28. The Morgan fingerprint density at radius 3 is 2.29 bits per heavy atom. The van der Waals surface area contributed by atoms with Crippen LogP contribution in [0.2, 0.25) is 5.02 Å². The van der Waals surface area contributed by atoms with Gasteiger partial charge < -0.3 is 13.8 Å². The number of esters is 1. The third-order valence-corrected chi connectivity index (χ3v) is 4.76. The fourth-order valence-electron chi connectivity index (χ4n) is 1.57. The molecule has 0 atom stereocenters. The van der Waals surface area contributed by atoms with Crippen LogP contribution in [0.1, 0.15) is 12.5 Å². The molecule has 1 rings (SSSR count). The Morgan fingerprint density at radius 1 is 1.24 bits per heavy atom. The third-order valence-electron chi connectivity index (χ3n) is 2.67. The van der Waals surface area contributed by atoms with Crippen molar-refractivity contribution in [1.29, 1.82) is 0 Å². The van der Waals surface area contributed by atoms with E-state index in [0.29, 0.717) is 5.02 Å². The van der Waals surface area contributed by atoms with Gasteiger partial charge in [0.25, 0.3) is 0 Å². The molecule has 21 heavy (non-hydrogen) atoms. The van der Waals surface area contributed by atoms with Crippen LogP contribution >= 0.6 is 19.2 Å². The van der Waals surface area contributed by atoms with Crippen LogP contribution in [0.4, 0.5) is 0 Å². The van der Waals surface area contributed by atoms with Crippen molar-refractivity contribution in [2.75, 3.05) is 27.0 Å². The van der Waals surface area contributed by atoms with Gasteiger partial charge in [-0.15, -0.1) is 0 Å². The summed E-state index contributed by atoms with van der Waals surface area (Å²) >= 11 is 5.82. The number of halogens is 1. The lowest BCUT2D eigenvalue weighted by Gasteiger charge is -2.15. The van der Waals surface area contributed by atoms with E-state index in [1.807, 2.05) is 0 Å². The van der Waals surface area contributed by atoms with E-state index in [0.717, 1.165) is 5.56 Å². The smallest absolute Gasteiger partial charge is 0.334 e. The van der Waals surface area contributed by atoms with E-state index < -0.39 is 13.6 Å². The maximum Gasteiger partial charge on any atom is 0.334 e. The van der Waals surface area contributed by atoms with Crippen LogP contribution in [-0.2, 0) is 23.1 Å². The SMILES string of the molecule is CCOC(=O)/C(=C/c1ccc(Cl)cc1)CP(=O)(OC)OC. The van der Waals surface area contributed by atoms with Gasteiger partial charge in [-0.3, -0.25) is 4.57 Å². The van der Waals surface area contributed by atoms with Crippen molar-refractivity contribution >= 4 is 31.2 Å². The van der Waals surface area contributed by atoms with E-state index in [1.54, 1.807) is 37.3 Å². The molecular weight excluding hydrogens is 315 g/mol. The van der Waals surface area contributed by atoms with E-state index in [1.165, 1.54) is 14.2 Å². The van der Waals surface area contributed by atoms with Crippen molar-refractivity contribution < 1.29 is 23.1 Å². The molecule has 0 aromatic heterocycles. The summed E-state index contributed by atoms with van der Waals surface area (Å²) in [6, 6.07) is 6.88. The van der Waals surface area contributed by atoms with Crippen LogP contribution in [0.25, 0.3) is 6.08 Å². The van der Waals surface area contributed by atoms with Gasteiger partial charge in [-0.05, 0) is 30.7 Å². The normalized spacial score (nSPS) is 12.3. The Kier molecular flexibility index (Phi) is 7.12. The number of hydrogen-bond acceptors (Lipinski definition) is 5. The number of benzene rings is 1. The minimum absolute atomic E-state index is 0.165. The Morgan fingerprint density at radius 2 is 1.81 bits per heavy atom. The molecule has 1 aromatic carbocycles. The van der Waals surface area contributed by atoms with Gasteiger partial charge in [-0.25, -0.2) is 4.79 Å². The van der Waals surface area contributed by atoms with Gasteiger partial charge in [0.1, 0.15) is 0 Å². The number of carbonyl (C=O) groups excluding carboxylic acids is 1. The molecule has 5 nitrogen and oxygen atoms in total. The first kappa shape index (κ1) is 17.9. The third kappa shape index (κ3) is 5.64. The van der Waals surface area contributed by atoms with Crippen LogP contribution in [0.15, 0.2) is 29.8 Å². The second kappa shape index (κ2) is 8.35. The molecule has 0 fully saturated rings. The predicted molar refractivity (Wildman–Crippen MR) is 82.6 cm³/mol. The largest absolute Gasteiger partial charge is 0.463 e. The lowest BCUT2D eigenvalue weighted by Crippen LogP contribution is -2.12. The van der Waals surface area contributed by atoms with Crippen molar-refractivity contribution in [2.45, 2.75) is 6.92 Å². The highest BCUT2D eigenvalue weighted by Gasteiger charge is 2.27. The molecule has 1 aromatic rings. The fraction of sp³-hybridized carbons (Fsp3) is 0.357. The lowest BCUT2D eigenvalue weighted by molar-refractivity contribution is -0.138. The molecule has 0 N–H and O–H groups in total. The molecular formula is C14H18ClO5P. The molecule has 0 aliphatic rings. The van der Waals surface area contributed by atoms with E-state index in [2.05, 4.69) is 0 Å². The van der Waals surface area contributed by atoms with Gasteiger partial charge in [-0.2, -0.15) is 0 Å². The fourth-order valence-corrected chi connectivity index (χ4v) is 2.74. The minimum atomic E-state index is -3.36. The standard InChI is InChI=1S/C14H18ClO5P/c1-4-20-14(16)12(10-21(17,18-2)19-3)9-11-5-7-13(15)8-6-11/h5-9H,4,10H2,1-3H3/b12-9+. The summed E-state index contributed by atoms with van der Waals surface area (Å²) in [5, 5.41) is 0.587. The number of rotatable bonds is 7. The molecule has 0 unspecified atom stereocenters. The average molecular weight is 333 g/mol. The second-order valence-corrected chi connectivity index (χ2v) is 6.78. The first-order valence-corrected chi connectivity index (χ1v) is 8.38. The summed E-state index contributed by atoms with van der Waals surface area (Å²) in [6.45, 7) is 1.92. The van der Waals surface area contributed by atoms with Crippen LogP contribution in [0.5, 0.6) is 0 Å². The average Bonchev–Trinajstić information content (AvgIpc) is 2.49. The van der Waals surface area contributed by atoms with Crippen LogP contribution in [0, 0.1) is 0 Å². The molecule has 116 valence electrons. The van der Waals surface area contributed by atoms with Crippen LogP contribution in [-0.4, -0.2) is 33.0 Å². The van der Waals surface area contributed by atoms with E-state index in [-0.39, 0.29) is 18.3 Å².